The number of aromatic nitrogens is 2. The average Bonchev–Trinajstić information content (AvgIpc) is 2.72. The van der Waals surface area contributed by atoms with Crippen molar-refractivity contribution in [3.8, 4) is 0 Å². The number of carbonyl (C=O) groups is 1. The molecule has 0 spiro atoms. The maximum Gasteiger partial charge on any atom is 0.261 e. The molecule has 2 aromatic heterocycles. The second-order valence-corrected chi connectivity index (χ2v) is 7.09. The molecule has 0 unspecified atom stereocenters. The summed E-state index contributed by atoms with van der Waals surface area (Å²) in [6.45, 7) is 4.74. The predicted molar refractivity (Wildman–Crippen MR) is 116 cm³/mol. The van der Waals surface area contributed by atoms with Gasteiger partial charge in [-0.3, -0.25) is 14.6 Å². The van der Waals surface area contributed by atoms with E-state index >= 15 is 0 Å². The number of pyridine rings is 2. The van der Waals surface area contributed by atoms with Crippen molar-refractivity contribution < 1.29 is 4.79 Å². The van der Waals surface area contributed by atoms with Crippen molar-refractivity contribution in [2.75, 3.05) is 5.32 Å². The molecule has 0 saturated heterocycles. The fourth-order valence-electron chi connectivity index (χ4n) is 3.54. The number of hydrogen-bond acceptors (Lipinski definition) is 3. The summed E-state index contributed by atoms with van der Waals surface area (Å²) >= 11 is 0. The third-order valence-electron chi connectivity index (χ3n) is 4.82. The maximum absolute atomic E-state index is 13.1. The molecule has 0 aliphatic heterocycles. The van der Waals surface area contributed by atoms with E-state index in [1.54, 1.807) is 12.3 Å². The van der Waals surface area contributed by atoms with Gasteiger partial charge in [-0.05, 0) is 36.6 Å². The first-order chi connectivity index (χ1) is 14.1. The van der Waals surface area contributed by atoms with Crippen LogP contribution in [0.25, 0.3) is 0 Å². The highest BCUT2D eigenvalue weighted by Gasteiger charge is 2.21. The second kappa shape index (κ2) is 9.82. The van der Waals surface area contributed by atoms with Gasteiger partial charge >= 0.3 is 0 Å². The van der Waals surface area contributed by atoms with Gasteiger partial charge in [0.15, 0.2) is 5.43 Å². The van der Waals surface area contributed by atoms with Crippen LogP contribution in [-0.2, 0) is 19.4 Å². The standard InChI is InChI=1S/C24H27N3O2/c1-3-9-20-15-22(28)23(24(29)26-19-12-6-5-7-13-19)21(10-4-2)27(20)17-18-11-8-14-25-16-18/h5-8,11-16H,3-4,9-10,17H2,1-2H3,(H,26,29). The van der Waals surface area contributed by atoms with Crippen molar-refractivity contribution in [2.45, 2.75) is 46.1 Å². The van der Waals surface area contributed by atoms with Crippen molar-refractivity contribution in [1.82, 2.24) is 9.55 Å². The van der Waals surface area contributed by atoms with Crippen molar-refractivity contribution in [3.63, 3.8) is 0 Å². The summed E-state index contributed by atoms with van der Waals surface area (Å²) in [7, 11) is 0. The van der Waals surface area contributed by atoms with E-state index in [9.17, 15) is 9.59 Å². The highest BCUT2D eigenvalue weighted by molar-refractivity contribution is 6.05. The highest BCUT2D eigenvalue weighted by Crippen LogP contribution is 2.17. The van der Waals surface area contributed by atoms with Crippen molar-refractivity contribution in [3.05, 3.63) is 93.7 Å². The molecule has 0 saturated carbocycles. The third kappa shape index (κ3) is 4.99. The van der Waals surface area contributed by atoms with Gasteiger partial charge < -0.3 is 9.88 Å². The number of anilines is 1. The van der Waals surface area contributed by atoms with E-state index in [0.29, 0.717) is 18.7 Å². The molecule has 1 aromatic carbocycles. The molecule has 1 amide bonds. The molecule has 0 bridgehead atoms. The lowest BCUT2D eigenvalue weighted by Crippen LogP contribution is -2.29. The summed E-state index contributed by atoms with van der Waals surface area (Å²) in [5, 5.41) is 2.88. The first kappa shape index (κ1) is 20.5. The Kier molecular flexibility index (Phi) is 6.95. The minimum atomic E-state index is -0.354. The maximum atomic E-state index is 13.1. The van der Waals surface area contributed by atoms with E-state index in [4.69, 9.17) is 0 Å². The normalized spacial score (nSPS) is 10.7. The Balaban J connectivity index is 2.10. The SMILES string of the molecule is CCCc1cc(=O)c(C(=O)Nc2ccccc2)c(CCC)n1Cc1cccnc1. The summed E-state index contributed by atoms with van der Waals surface area (Å²) in [4.78, 5) is 30.2. The molecule has 5 heteroatoms. The number of rotatable bonds is 8. The molecule has 0 aliphatic rings. The summed E-state index contributed by atoms with van der Waals surface area (Å²) in [5.41, 5.74) is 3.49. The van der Waals surface area contributed by atoms with Gasteiger partial charge in [0.25, 0.3) is 5.91 Å². The minimum Gasteiger partial charge on any atom is -0.343 e. The van der Waals surface area contributed by atoms with E-state index in [2.05, 4.69) is 28.7 Å². The summed E-state index contributed by atoms with van der Waals surface area (Å²) in [6, 6.07) is 14.8. The van der Waals surface area contributed by atoms with E-state index < -0.39 is 0 Å². The number of para-hydroxylation sites is 1. The smallest absolute Gasteiger partial charge is 0.261 e. The van der Waals surface area contributed by atoms with Crippen LogP contribution in [0.15, 0.2) is 65.7 Å². The monoisotopic (exact) mass is 389 g/mol. The number of benzene rings is 1. The summed E-state index contributed by atoms with van der Waals surface area (Å²) in [5.74, 6) is -0.354. The Labute approximate surface area is 171 Å². The van der Waals surface area contributed by atoms with Crippen LogP contribution >= 0.6 is 0 Å². The van der Waals surface area contributed by atoms with Gasteiger partial charge in [-0.25, -0.2) is 0 Å². The fourth-order valence-corrected chi connectivity index (χ4v) is 3.54. The fraction of sp³-hybridized carbons (Fsp3) is 0.292. The molecular weight excluding hydrogens is 362 g/mol. The zero-order valence-corrected chi connectivity index (χ0v) is 17.0. The number of hydrogen-bond donors (Lipinski definition) is 1. The molecular formula is C24H27N3O2. The van der Waals surface area contributed by atoms with Gasteiger partial charge in [0.05, 0.1) is 0 Å². The van der Waals surface area contributed by atoms with Crippen LogP contribution in [0.1, 0.15) is 54.0 Å². The lowest BCUT2D eigenvalue weighted by Gasteiger charge is -2.21. The predicted octanol–water partition coefficient (Wildman–Crippen LogP) is 4.45. The molecule has 0 radical (unpaired) electrons. The van der Waals surface area contributed by atoms with Crippen LogP contribution < -0.4 is 10.7 Å². The van der Waals surface area contributed by atoms with Crippen LogP contribution in [-0.4, -0.2) is 15.5 Å². The van der Waals surface area contributed by atoms with Crippen LogP contribution in [0.5, 0.6) is 0 Å². The quantitative estimate of drug-likeness (QED) is 0.619. The van der Waals surface area contributed by atoms with Gasteiger partial charge in [0, 0.05) is 42.1 Å². The number of amides is 1. The van der Waals surface area contributed by atoms with Gasteiger partial charge in [-0.2, -0.15) is 0 Å². The van der Waals surface area contributed by atoms with Gasteiger partial charge in [0.2, 0.25) is 0 Å². The van der Waals surface area contributed by atoms with Crippen molar-refractivity contribution in [2.24, 2.45) is 0 Å². The molecule has 3 rings (SSSR count). The highest BCUT2D eigenvalue weighted by atomic mass is 16.2. The Morgan fingerprint density at radius 1 is 1.03 bits per heavy atom. The zero-order valence-electron chi connectivity index (χ0n) is 17.0. The van der Waals surface area contributed by atoms with E-state index in [-0.39, 0.29) is 16.9 Å². The Morgan fingerprint density at radius 3 is 2.45 bits per heavy atom. The lowest BCUT2D eigenvalue weighted by atomic mass is 10.0. The Morgan fingerprint density at radius 2 is 1.79 bits per heavy atom. The number of aryl methyl sites for hydroxylation is 1. The van der Waals surface area contributed by atoms with Gasteiger partial charge in [-0.1, -0.05) is 51.0 Å². The summed E-state index contributed by atoms with van der Waals surface area (Å²) < 4.78 is 2.13. The van der Waals surface area contributed by atoms with E-state index in [1.807, 2.05) is 48.7 Å². The zero-order chi connectivity index (χ0) is 20.6. The van der Waals surface area contributed by atoms with Gasteiger partial charge in [0.1, 0.15) is 5.56 Å². The van der Waals surface area contributed by atoms with Crippen molar-refractivity contribution >= 4 is 11.6 Å². The third-order valence-corrected chi connectivity index (χ3v) is 4.82. The Hall–Kier alpha value is -3.21. The first-order valence-electron chi connectivity index (χ1n) is 10.1. The molecule has 0 fully saturated rings. The molecule has 0 atom stereocenters. The number of carbonyl (C=O) groups excluding carboxylic acids is 1. The molecule has 1 N–H and O–H groups in total. The van der Waals surface area contributed by atoms with Crippen LogP contribution in [0.3, 0.4) is 0 Å². The second-order valence-electron chi connectivity index (χ2n) is 7.09. The number of nitrogens with one attached hydrogen (secondary N) is 1. The van der Waals surface area contributed by atoms with Crippen LogP contribution in [0, 0.1) is 0 Å². The first-order valence-corrected chi connectivity index (χ1v) is 10.1. The average molecular weight is 389 g/mol. The summed E-state index contributed by atoms with van der Waals surface area (Å²) in [6.07, 6.45) is 6.78. The lowest BCUT2D eigenvalue weighted by molar-refractivity contribution is 0.102. The van der Waals surface area contributed by atoms with E-state index in [0.717, 1.165) is 36.2 Å². The van der Waals surface area contributed by atoms with Crippen LogP contribution in [0.2, 0.25) is 0 Å². The van der Waals surface area contributed by atoms with Crippen molar-refractivity contribution in [1.29, 1.82) is 0 Å². The Bertz CT molecular complexity index is 1010. The largest absolute Gasteiger partial charge is 0.343 e. The molecule has 3 aromatic rings. The molecule has 5 nitrogen and oxygen atoms in total. The topological polar surface area (TPSA) is 64.0 Å². The minimum absolute atomic E-state index is 0.215. The van der Waals surface area contributed by atoms with E-state index in [1.165, 1.54) is 0 Å². The molecule has 2 heterocycles. The molecule has 29 heavy (non-hydrogen) atoms. The molecule has 150 valence electrons. The molecule has 0 aliphatic carbocycles. The van der Waals surface area contributed by atoms with Gasteiger partial charge in [-0.15, -0.1) is 0 Å². The number of nitrogens with zero attached hydrogens (tertiary/aromatic N) is 2. The van der Waals surface area contributed by atoms with Crippen LogP contribution in [0.4, 0.5) is 5.69 Å².